The van der Waals surface area contributed by atoms with Gasteiger partial charge >= 0.3 is 0 Å². The predicted octanol–water partition coefficient (Wildman–Crippen LogP) is 2.89. The van der Waals surface area contributed by atoms with E-state index in [1.54, 1.807) is 0 Å². The van der Waals surface area contributed by atoms with E-state index in [1.807, 2.05) is 11.3 Å². The van der Waals surface area contributed by atoms with Crippen molar-refractivity contribution in [3.8, 4) is 0 Å². The molecule has 3 nitrogen and oxygen atoms in total. The molecule has 0 bridgehead atoms. The molecule has 0 radical (unpaired) electrons. The van der Waals surface area contributed by atoms with Crippen LogP contribution in [0.4, 0.5) is 0 Å². The number of aryl methyl sites for hydroxylation is 2. The Morgan fingerprint density at radius 2 is 2.28 bits per heavy atom. The number of aromatic nitrogens is 1. The zero-order valence-electron chi connectivity index (χ0n) is 12.0. The second-order valence-electron chi connectivity index (χ2n) is 5.24. The summed E-state index contributed by atoms with van der Waals surface area (Å²) in [6, 6.07) is 1.17. The molecule has 1 fully saturated rings. The summed E-state index contributed by atoms with van der Waals surface area (Å²) in [7, 11) is 0. The van der Waals surface area contributed by atoms with Crippen LogP contribution in [0.2, 0.25) is 0 Å². The third kappa shape index (κ3) is 3.11. The van der Waals surface area contributed by atoms with Crippen LogP contribution in [0, 0.1) is 13.8 Å². The third-order valence-corrected chi connectivity index (χ3v) is 5.13. The Bertz CT molecular complexity index is 382. The Balaban J connectivity index is 2.04. The van der Waals surface area contributed by atoms with Gasteiger partial charge in [-0.3, -0.25) is 4.90 Å². The average Bonchev–Trinajstić information content (AvgIpc) is 2.95. The molecule has 1 aliphatic heterocycles. The highest BCUT2D eigenvalue weighted by molar-refractivity contribution is 7.11. The standard InChI is InChI=1S/C14H25N3S/c1-5-17(9-13-7-6-8-15-13)11(3)14-10(2)16-12(4)18-14/h11,13,15H,5-9H2,1-4H3. The maximum absolute atomic E-state index is 4.56. The molecule has 2 atom stereocenters. The van der Waals surface area contributed by atoms with Crippen molar-refractivity contribution in [1.82, 2.24) is 15.2 Å². The van der Waals surface area contributed by atoms with E-state index in [1.165, 1.54) is 35.0 Å². The second-order valence-corrected chi connectivity index (χ2v) is 6.47. The minimum absolute atomic E-state index is 0.489. The van der Waals surface area contributed by atoms with Crippen molar-refractivity contribution >= 4 is 11.3 Å². The molecular formula is C14H25N3S. The molecule has 4 heteroatoms. The summed E-state index contributed by atoms with van der Waals surface area (Å²) in [4.78, 5) is 8.57. The molecule has 1 aromatic rings. The van der Waals surface area contributed by atoms with Gasteiger partial charge in [0, 0.05) is 23.5 Å². The normalized spacial score (nSPS) is 21.7. The molecule has 2 heterocycles. The molecule has 1 N–H and O–H groups in total. The van der Waals surface area contributed by atoms with Gasteiger partial charge in [0.1, 0.15) is 0 Å². The molecular weight excluding hydrogens is 242 g/mol. The van der Waals surface area contributed by atoms with E-state index < -0.39 is 0 Å². The first-order valence-electron chi connectivity index (χ1n) is 7.03. The Morgan fingerprint density at radius 3 is 2.78 bits per heavy atom. The van der Waals surface area contributed by atoms with Crippen LogP contribution >= 0.6 is 11.3 Å². The van der Waals surface area contributed by atoms with Crippen LogP contribution in [0.3, 0.4) is 0 Å². The Kier molecular flexibility index (Phi) is 4.76. The van der Waals surface area contributed by atoms with Crippen LogP contribution in [0.15, 0.2) is 0 Å². The van der Waals surface area contributed by atoms with Crippen LogP contribution in [-0.4, -0.2) is 35.6 Å². The lowest BCUT2D eigenvalue weighted by Crippen LogP contribution is -2.38. The van der Waals surface area contributed by atoms with Gasteiger partial charge in [-0.15, -0.1) is 11.3 Å². The summed E-state index contributed by atoms with van der Waals surface area (Å²) in [5, 5.41) is 4.78. The van der Waals surface area contributed by atoms with Crippen LogP contribution in [-0.2, 0) is 0 Å². The van der Waals surface area contributed by atoms with E-state index >= 15 is 0 Å². The minimum atomic E-state index is 0.489. The lowest BCUT2D eigenvalue weighted by molar-refractivity contribution is 0.204. The van der Waals surface area contributed by atoms with E-state index in [0.29, 0.717) is 12.1 Å². The molecule has 1 saturated heterocycles. The number of thiazole rings is 1. The van der Waals surface area contributed by atoms with Crippen LogP contribution in [0.1, 0.15) is 48.3 Å². The van der Waals surface area contributed by atoms with Gasteiger partial charge in [-0.1, -0.05) is 6.92 Å². The highest BCUT2D eigenvalue weighted by atomic mass is 32.1. The molecule has 1 aromatic heterocycles. The number of nitrogens with one attached hydrogen (secondary N) is 1. The molecule has 0 spiro atoms. The molecule has 0 aliphatic carbocycles. The van der Waals surface area contributed by atoms with E-state index in [-0.39, 0.29) is 0 Å². The van der Waals surface area contributed by atoms with Gasteiger partial charge in [0.05, 0.1) is 10.7 Å². The lowest BCUT2D eigenvalue weighted by Gasteiger charge is -2.30. The Morgan fingerprint density at radius 1 is 1.50 bits per heavy atom. The van der Waals surface area contributed by atoms with Crippen molar-refractivity contribution in [2.75, 3.05) is 19.6 Å². The number of hydrogen-bond acceptors (Lipinski definition) is 4. The number of likely N-dealkylation sites (N-methyl/N-ethyl adjacent to an activating group) is 1. The van der Waals surface area contributed by atoms with Crippen molar-refractivity contribution < 1.29 is 0 Å². The number of nitrogens with zero attached hydrogens (tertiary/aromatic N) is 2. The minimum Gasteiger partial charge on any atom is -0.313 e. The molecule has 102 valence electrons. The van der Waals surface area contributed by atoms with Crippen molar-refractivity contribution in [1.29, 1.82) is 0 Å². The van der Waals surface area contributed by atoms with Crippen LogP contribution in [0.5, 0.6) is 0 Å². The summed E-state index contributed by atoms with van der Waals surface area (Å²) in [6.07, 6.45) is 2.65. The Hall–Kier alpha value is -0.450. The van der Waals surface area contributed by atoms with Gasteiger partial charge in [0.15, 0.2) is 0 Å². The maximum atomic E-state index is 4.56. The van der Waals surface area contributed by atoms with Gasteiger partial charge in [-0.25, -0.2) is 4.98 Å². The first kappa shape index (κ1) is 14.0. The zero-order valence-corrected chi connectivity index (χ0v) is 12.8. The van der Waals surface area contributed by atoms with Crippen LogP contribution in [0.25, 0.3) is 0 Å². The summed E-state index contributed by atoms with van der Waals surface area (Å²) >= 11 is 1.85. The van der Waals surface area contributed by atoms with Crippen LogP contribution < -0.4 is 5.32 Å². The first-order valence-corrected chi connectivity index (χ1v) is 7.84. The SMILES string of the molecule is CCN(CC1CCCN1)C(C)c1sc(C)nc1C. The van der Waals surface area contributed by atoms with Gasteiger partial charge in [0.25, 0.3) is 0 Å². The quantitative estimate of drug-likeness (QED) is 0.889. The maximum Gasteiger partial charge on any atom is 0.0900 e. The van der Waals surface area contributed by atoms with Crippen molar-refractivity contribution in [3.63, 3.8) is 0 Å². The monoisotopic (exact) mass is 267 g/mol. The molecule has 1 aliphatic rings. The average molecular weight is 267 g/mol. The van der Waals surface area contributed by atoms with Crippen molar-refractivity contribution in [2.45, 2.75) is 52.6 Å². The molecule has 0 saturated carbocycles. The molecule has 18 heavy (non-hydrogen) atoms. The van der Waals surface area contributed by atoms with Gasteiger partial charge in [0.2, 0.25) is 0 Å². The molecule has 2 rings (SSSR count). The summed E-state index contributed by atoms with van der Waals surface area (Å²) < 4.78 is 0. The van der Waals surface area contributed by atoms with Crippen molar-refractivity contribution in [3.05, 3.63) is 15.6 Å². The van der Waals surface area contributed by atoms with E-state index in [9.17, 15) is 0 Å². The lowest BCUT2D eigenvalue weighted by atomic mass is 10.1. The van der Waals surface area contributed by atoms with Gasteiger partial charge in [-0.2, -0.15) is 0 Å². The highest BCUT2D eigenvalue weighted by Gasteiger charge is 2.23. The fourth-order valence-corrected chi connectivity index (χ4v) is 3.87. The fraction of sp³-hybridized carbons (Fsp3) is 0.786. The summed E-state index contributed by atoms with van der Waals surface area (Å²) in [5.74, 6) is 0. The van der Waals surface area contributed by atoms with Gasteiger partial charge < -0.3 is 5.32 Å². The smallest absolute Gasteiger partial charge is 0.0900 e. The summed E-state index contributed by atoms with van der Waals surface area (Å²) in [5.41, 5.74) is 1.21. The number of rotatable bonds is 5. The van der Waals surface area contributed by atoms with E-state index in [0.717, 1.165) is 13.1 Å². The summed E-state index contributed by atoms with van der Waals surface area (Å²) in [6.45, 7) is 12.3. The highest BCUT2D eigenvalue weighted by Crippen LogP contribution is 2.29. The number of hydrogen-bond donors (Lipinski definition) is 1. The topological polar surface area (TPSA) is 28.2 Å². The molecule has 2 unspecified atom stereocenters. The molecule has 0 aromatic carbocycles. The van der Waals surface area contributed by atoms with Crippen molar-refractivity contribution in [2.24, 2.45) is 0 Å². The second kappa shape index (κ2) is 6.13. The largest absolute Gasteiger partial charge is 0.313 e. The van der Waals surface area contributed by atoms with E-state index in [4.69, 9.17) is 0 Å². The Labute approximate surface area is 115 Å². The predicted molar refractivity (Wildman–Crippen MR) is 78.3 cm³/mol. The van der Waals surface area contributed by atoms with E-state index in [2.05, 4.69) is 42.9 Å². The van der Waals surface area contributed by atoms with Gasteiger partial charge in [-0.05, 0) is 46.7 Å². The first-order chi connectivity index (χ1) is 8.61. The molecule has 0 amide bonds. The fourth-order valence-electron chi connectivity index (χ4n) is 2.86. The third-order valence-electron chi connectivity index (χ3n) is 3.89. The zero-order chi connectivity index (χ0) is 13.1.